The van der Waals surface area contributed by atoms with Crippen LogP contribution in [-0.4, -0.2) is 42.4 Å². The van der Waals surface area contributed by atoms with Crippen molar-refractivity contribution >= 4 is 6.29 Å². The molecule has 28 heavy (non-hydrogen) atoms. The van der Waals surface area contributed by atoms with Gasteiger partial charge in [0.15, 0.2) is 0 Å². The number of methoxy groups -OCH3 is 2. The predicted octanol–water partition coefficient (Wildman–Crippen LogP) is 2.27. The number of rotatable bonds is 8. The first-order valence-electron chi connectivity index (χ1n) is 9.04. The Hall–Kier alpha value is -2.41. The molecule has 2 aromatic carbocycles. The highest BCUT2D eigenvalue weighted by atomic mass is 16.5. The summed E-state index contributed by atoms with van der Waals surface area (Å²) in [4.78, 5) is 10.4. The van der Waals surface area contributed by atoms with E-state index in [2.05, 4.69) is 0 Å². The second-order valence-electron chi connectivity index (χ2n) is 6.33. The second kappa shape index (κ2) is 12.1. The topological polar surface area (TPSA) is 96.2 Å². The van der Waals surface area contributed by atoms with Gasteiger partial charge < -0.3 is 29.6 Å². The number of carbonyl (C=O) groups excluding carboxylic acids is 1. The van der Waals surface area contributed by atoms with E-state index < -0.39 is 0 Å². The molecule has 0 bridgehead atoms. The Morgan fingerprint density at radius 3 is 1.68 bits per heavy atom. The van der Waals surface area contributed by atoms with Crippen molar-refractivity contribution in [3.63, 3.8) is 0 Å². The fourth-order valence-corrected chi connectivity index (χ4v) is 2.86. The van der Waals surface area contributed by atoms with Crippen molar-refractivity contribution in [2.45, 2.75) is 39.9 Å². The molecule has 2 aromatic rings. The maximum atomic E-state index is 10.4. The molecule has 6 nitrogen and oxygen atoms in total. The van der Waals surface area contributed by atoms with Gasteiger partial charge in [0.2, 0.25) is 0 Å². The second-order valence-corrected chi connectivity index (χ2v) is 6.33. The summed E-state index contributed by atoms with van der Waals surface area (Å²) in [6, 6.07) is 7.44. The molecule has 0 radical (unpaired) electrons. The lowest BCUT2D eigenvalue weighted by atomic mass is 10.0. The van der Waals surface area contributed by atoms with Crippen molar-refractivity contribution in [1.82, 2.24) is 0 Å². The smallest absolute Gasteiger partial charge is 0.124 e. The van der Waals surface area contributed by atoms with Gasteiger partial charge in [-0.3, -0.25) is 0 Å². The lowest BCUT2D eigenvalue weighted by Gasteiger charge is -2.11. The highest BCUT2D eigenvalue weighted by Crippen LogP contribution is 2.25. The first-order valence-corrected chi connectivity index (χ1v) is 9.04. The van der Waals surface area contributed by atoms with Gasteiger partial charge in [-0.05, 0) is 65.8 Å². The molecule has 0 heterocycles. The minimum Gasteiger partial charge on any atom is -0.496 e. The van der Waals surface area contributed by atoms with Crippen LogP contribution in [0.1, 0.15) is 33.4 Å². The van der Waals surface area contributed by atoms with Crippen molar-refractivity contribution in [3.8, 4) is 11.5 Å². The van der Waals surface area contributed by atoms with Gasteiger partial charge in [0.1, 0.15) is 17.8 Å². The summed E-state index contributed by atoms with van der Waals surface area (Å²) in [5, 5.41) is 27.0. The minimum atomic E-state index is -0.0328. The fourth-order valence-electron chi connectivity index (χ4n) is 2.86. The first-order chi connectivity index (χ1) is 13.4. The molecule has 0 amide bonds. The zero-order valence-corrected chi connectivity index (χ0v) is 17.0. The lowest BCUT2D eigenvalue weighted by Crippen LogP contribution is -1.99. The third-order valence-electron chi connectivity index (χ3n) is 4.55. The molecule has 0 aromatic heterocycles. The van der Waals surface area contributed by atoms with Crippen LogP contribution in [0.3, 0.4) is 0 Å². The Labute approximate surface area is 166 Å². The van der Waals surface area contributed by atoms with Gasteiger partial charge in [0.05, 0.1) is 27.4 Å². The standard InChI is InChI=1S/C11H16O3.C11H14O3/c2*1-8-10(7-13)5-9(3-4-12)6-11(8)14-2/h5-6,12-13H,3-4,7H2,1-2H3;4-6,13H,3,7H2,1-2H3. The molecule has 0 unspecified atom stereocenters. The van der Waals surface area contributed by atoms with Gasteiger partial charge in [-0.2, -0.15) is 0 Å². The third-order valence-corrected chi connectivity index (χ3v) is 4.55. The number of hydrogen-bond acceptors (Lipinski definition) is 6. The molecule has 154 valence electrons. The zero-order valence-electron chi connectivity index (χ0n) is 17.0. The van der Waals surface area contributed by atoms with Crippen LogP contribution in [0.4, 0.5) is 0 Å². The van der Waals surface area contributed by atoms with Gasteiger partial charge in [0.25, 0.3) is 0 Å². The molecule has 2 rings (SSSR count). The van der Waals surface area contributed by atoms with Crippen molar-refractivity contribution in [1.29, 1.82) is 0 Å². The molecule has 6 heteroatoms. The van der Waals surface area contributed by atoms with Crippen LogP contribution in [0, 0.1) is 13.8 Å². The van der Waals surface area contributed by atoms with Gasteiger partial charge in [-0.25, -0.2) is 0 Å². The Morgan fingerprint density at radius 1 is 0.821 bits per heavy atom. The van der Waals surface area contributed by atoms with Crippen molar-refractivity contribution in [2.24, 2.45) is 0 Å². The van der Waals surface area contributed by atoms with Crippen molar-refractivity contribution in [3.05, 3.63) is 57.6 Å². The Balaban J connectivity index is 0.000000280. The minimum absolute atomic E-state index is 0.00145. The van der Waals surface area contributed by atoms with Crippen LogP contribution in [0.15, 0.2) is 24.3 Å². The summed E-state index contributed by atoms with van der Waals surface area (Å²) < 4.78 is 10.3. The SMILES string of the molecule is COc1cc(CC=O)cc(CO)c1C.COc1cc(CCO)cc(CO)c1C. The average Bonchev–Trinajstić information content (AvgIpc) is 2.71. The maximum Gasteiger partial charge on any atom is 0.124 e. The molecule has 0 aliphatic heterocycles. The Morgan fingerprint density at radius 2 is 1.29 bits per heavy atom. The van der Waals surface area contributed by atoms with E-state index in [-0.39, 0.29) is 19.8 Å². The number of aliphatic hydroxyl groups excluding tert-OH is 3. The van der Waals surface area contributed by atoms with Gasteiger partial charge >= 0.3 is 0 Å². The quantitative estimate of drug-likeness (QED) is 0.599. The van der Waals surface area contributed by atoms with E-state index in [0.29, 0.717) is 18.6 Å². The number of carbonyl (C=O) groups is 1. The summed E-state index contributed by atoms with van der Waals surface area (Å²) in [5.41, 5.74) is 5.39. The fraction of sp³-hybridized carbons (Fsp3) is 0.409. The summed E-state index contributed by atoms with van der Waals surface area (Å²) in [6.45, 7) is 3.87. The summed E-state index contributed by atoms with van der Waals surface area (Å²) in [5.74, 6) is 1.48. The summed E-state index contributed by atoms with van der Waals surface area (Å²) in [6.07, 6.45) is 1.78. The van der Waals surface area contributed by atoms with E-state index in [1.807, 2.05) is 38.1 Å². The van der Waals surface area contributed by atoms with E-state index in [9.17, 15) is 4.79 Å². The van der Waals surface area contributed by atoms with Gasteiger partial charge in [0, 0.05) is 13.0 Å². The molecule has 0 atom stereocenters. The maximum absolute atomic E-state index is 10.4. The van der Waals surface area contributed by atoms with Crippen LogP contribution < -0.4 is 9.47 Å². The Kier molecular flexibility index (Phi) is 10.2. The average molecular weight is 390 g/mol. The van der Waals surface area contributed by atoms with Crippen LogP contribution in [-0.2, 0) is 30.8 Å². The number of hydrogen-bond donors (Lipinski definition) is 3. The highest BCUT2D eigenvalue weighted by Gasteiger charge is 2.07. The predicted molar refractivity (Wildman–Crippen MR) is 108 cm³/mol. The van der Waals surface area contributed by atoms with Crippen LogP contribution in [0.25, 0.3) is 0 Å². The molecule has 0 fully saturated rings. The molecule has 0 aliphatic rings. The molecular weight excluding hydrogens is 360 g/mol. The lowest BCUT2D eigenvalue weighted by molar-refractivity contribution is -0.107. The molecular formula is C22H30O6. The molecule has 0 aliphatic carbocycles. The van der Waals surface area contributed by atoms with E-state index in [4.69, 9.17) is 24.8 Å². The molecule has 0 saturated heterocycles. The highest BCUT2D eigenvalue weighted by molar-refractivity contribution is 5.57. The van der Waals surface area contributed by atoms with Gasteiger partial charge in [-0.1, -0.05) is 12.1 Å². The molecule has 0 spiro atoms. The van der Waals surface area contributed by atoms with E-state index >= 15 is 0 Å². The Bertz CT molecular complexity index is 720. The number of aldehydes is 1. The van der Waals surface area contributed by atoms with Crippen molar-refractivity contribution < 1.29 is 29.6 Å². The van der Waals surface area contributed by atoms with Crippen LogP contribution >= 0.6 is 0 Å². The normalized spacial score (nSPS) is 10.1. The zero-order chi connectivity index (χ0) is 21.1. The van der Waals surface area contributed by atoms with E-state index in [1.54, 1.807) is 14.2 Å². The summed E-state index contributed by atoms with van der Waals surface area (Å²) in [7, 11) is 3.18. The molecule has 0 saturated carbocycles. The monoisotopic (exact) mass is 390 g/mol. The largest absolute Gasteiger partial charge is 0.496 e. The van der Waals surface area contributed by atoms with E-state index in [1.165, 1.54) is 0 Å². The first kappa shape index (κ1) is 23.6. The van der Waals surface area contributed by atoms with E-state index in [0.717, 1.165) is 45.4 Å². The number of benzene rings is 2. The third kappa shape index (κ3) is 6.34. The number of aliphatic hydroxyl groups is 3. The van der Waals surface area contributed by atoms with Crippen LogP contribution in [0.5, 0.6) is 11.5 Å². The van der Waals surface area contributed by atoms with Crippen LogP contribution in [0.2, 0.25) is 0 Å². The number of ether oxygens (including phenoxy) is 2. The summed E-state index contributed by atoms with van der Waals surface area (Å²) >= 11 is 0. The van der Waals surface area contributed by atoms with Gasteiger partial charge in [-0.15, -0.1) is 0 Å². The van der Waals surface area contributed by atoms with Crippen molar-refractivity contribution in [2.75, 3.05) is 20.8 Å². The molecule has 3 N–H and O–H groups in total.